The van der Waals surface area contributed by atoms with Gasteiger partial charge in [-0.2, -0.15) is 0 Å². The van der Waals surface area contributed by atoms with Crippen molar-refractivity contribution in [1.82, 2.24) is 9.55 Å². The fourth-order valence-corrected chi connectivity index (χ4v) is 3.83. The van der Waals surface area contributed by atoms with E-state index in [9.17, 15) is 4.79 Å². The van der Waals surface area contributed by atoms with Crippen molar-refractivity contribution in [3.63, 3.8) is 0 Å². The van der Waals surface area contributed by atoms with Gasteiger partial charge in [-0.1, -0.05) is 78.9 Å². The summed E-state index contributed by atoms with van der Waals surface area (Å²) >= 11 is 0. The Morgan fingerprint density at radius 1 is 0.867 bits per heavy atom. The maximum atomic E-state index is 12.1. The van der Waals surface area contributed by atoms with E-state index in [0.29, 0.717) is 12.3 Å². The molecule has 0 fully saturated rings. The van der Waals surface area contributed by atoms with Gasteiger partial charge in [0.1, 0.15) is 5.69 Å². The molecule has 2 heterocycles. The molecule has 0 saturated carbocycles. The average Bonchev–Trinajstić information content (AvgIpc) is 3.38. The van der Waals surface area contributed by atoms with Crippen molar-refractivity contribution < 1.29 is 9.21 Å². The van der Waals surface area contributed by atoms with Gasteiger partial charge in [-0.15, -0.1) is 0 Å². The Hall–Kier alpha value is -3.92. The first-order valence-electron chi connectivity index (χ1n) is 9.91. The van der Waals surface area contributed by atoms with Gasteiger partial charge in [0.15, 0.2) is 11.7 Å². The zero-order valence-corrected chi connectivity index (χ0v) is 16.6. The molecule has 4 nitrogen and oxygen atoms in total. The molecule has 0 N–H and O–H groups in total. The van der Waals surface area contributed by atoms with Gasteiger partial charge in [0.25, 0.3) is 0 Å². The summed E-state index contributed by atoms with van der Waals surface area (Å²) in [5.74, 6) is 1.37. The van der Waals surface area contributed by atoms with Crippen molar-refractivity contribution in [3.05, 3.63) is 103 Å². The number of hydrogen-bond donors (Lipinski definition) is 0. The van der Waals surface area contributed by atoms with Gasteiger partial charge in [0.2, 0.25) is 5.91 Å². The fourth-order valence-electron chi connectivity index (χ4n) is 3.83. The van der Waals surface area contributed by atoms with E-state index in [2.05, 4.69) is 0 Å². The molecule has 0 bridgehead atoms. The second-order valence-electron chi connectivity index (χ2n) is 7.25. The van der Waals surface area contributed by atoms with E-state index in [1.165, 1.54) is 0 Å². The number of carbonyl (C=O) groups excluding carboxylic acids is 1. The summed E-state index contributed by atoms with van der Waals surface area (Å²) in [7, 11) is 0. The van der Waals surface area contributed by atoms with E-state index in [-0.39, 0.29) is 5.91 Å². The van der Waals surface area contributed by atoms with Crippen LogP contribution in [0.5, 0.6) is 0 Å². The van der Waals surface area contributed by atoms with E-state index in [4.69, 9.17) is 9.40 Å². The molecule has 0 aliphatic carbocycles. The first-order valence-corrected chi connectivity index (χ1v) is 9.91. The molecule has 5 rings (SSSR count). The molecular weight excluding hydrogens is 372 g/mol. The Labute approximate surface area is 174 Å². The zero-order chi connectivity index (χ0) is 20.5. The van der Waals surface area contributed by atoms with Crippen LogP contribution < -0.4 is 0 Å². The van der Waals surface area contributed by atoms with Crippen molar-refractivity contribution in [1.29, 1.82) is 0 Å². The van der Waals surface area contributed by atoms with Gasteiger partial charge >= 0.3 is 0 Å². The largest absolute Gasteiger partial charge is 0.440 e. The summed E-state index contributed by atoms with van der Waals surface area (Å²) < 4.78 is 7.96. The van der Waals surface area contributed by atoms with Crippen molar-refractivity contribution in [2.45, 2.75) is 13.3 Å². The predicted molar refractivity (Wildman–Crippen MR) is 118 cm³/mol. The highest BCUT2D eigenvalue weighted by Gasteiger charge is 2.19. The lowest BCUT2D eigenvalue weighted by molar-refractivity contribution is 0.0941. The van der Waals surface area contributed by atoms with Crippen LogP contribution in [0.4, 0.5) is 0 Å². The number of nitrogens with zero attached hydrogens (tertiary/aromatic N) is 2. The highest BCUT2D eigenvalue weighted by Crippen LogP contribution is 2.34. The molecular formula is C26H20N2O2. The molecule has 0 aliphatic heterocycles. The number of hydrogen-bond acceptors (Lipinski definition) is 3. The van der Waals surface area contributed by atoms with Crippen LogP contribution in [0.25, 0.3) is 33.5 Å². The fraction of sp³-hybridized carbons (Fsp3) is 0.0769. The Bertz CT molecular complexity index is 1270. The van der Waals surface area contributed by atoms with Gasteiger partial charge in [0.05, 0.1) is 11.9 Å². The first-order chi connectivity index (χ1) is 14.7. The Balaban J connectivity index is 1.62. The molecule has 2 aromatic heterocycles. The Morgan fingerprint density at radius 3 is 2.20 bits per heavy atom. The summed E-state index contributed by atoms with van der Waals surface area (Å²) in [4.78, 5) is 16.9. The van der Waals surface area contributed by atoms with Crippen LogP contribution in [0.1, 0.15) is 23.2 Å². The lowest BCUT2D eigenvalue weighted by atomic mass is 10.1. The number of fused-ring (bicyclic) bond motifs is 1. The van der Waals surface area contributed by atoms with E-state index < -0.39 is 0 Å². The molecule has 5 aromatic rings. The van der Waals surface area contributed by atoms with E-state index >= 15 is 0 Å². The predicted octanol–water partition coefficient (Wildman–Crippen LogP) is 6.21. The topological polar surface area (TPSA) is 48.0 Å². The lowest BCUT2D eigenvalue weighted by Gasteiger charge is -2.00. The average molecular weight is 392 g/mol. The molecule has 0 atom stereocenters. The molecule has 0 amide bonds. The molecule has 3 aromatic carbocycles. The number of benzene rings is 3. The Kier molecular flexibility index (Phi) is 4.52. The molecule has 0 spiro atoms. The number of para-hydroxylation sites is 1. The minimum atomic E-state index is -0.0141. The van der Waals surface area contributed by atoms with E-state index in [1.807, 2.05) is 91.1 Å². The minimum Gasteiger partial charge on any atom is -0.440 e. The lowest BCUT2D eigenvalue weighted by Crippen LogP contribution is -2.02. The van der Waals surface area contributed by atoms with E-state index in [1.54, 1.807) is 11.5 Å². The monoisotopic (exact) mass is 392 g/mol. The van der Waals surface area contributed by atoms with Crippen LogP contribution >= 0.6 is 0 Å². The third kappa shape index (κ3) is 3.22. The van der Waals surface area contributed by atoms with Crippen molar-refractivity contribution >= 4 is 16.8 Å². The summed E-state index contributed by atoms with van der Waals surface area (Å²) in [5.41, 5.74) is 4.74. The van der Waals surface area contributed by atoms with Gasteiger partial charge in [-0.3, -0.25) is 9.36 Å². The first kappa shape index (κ1) is 18.1. The van der Waals surface area contributed by atoms with Crippen LogP contribution in [-0.2, 0) is 6.42 Å². The third-order valence-corrected chi connectivity index (χ3v) is 5.23. The number of rotatable bonds is 4. The van der Waals surface area contributed by atoms with Crippen molar-refractivity contribution in [3.8, 4) is 22.6 Å². The summed E-state index contributed by atoms with van der Waals surface area (Å²) in [6.07, 6.45) is 2.40. The molecule has 0 radical (unpaired) electrons. The molecule has 0 saturated heterocycles. The third-order valence-electron chi connectivity index (χ3n) is 5.23. The SMILES string of the molecule is CC(=O)n1cc(Cc2nc(-c3ccccc3)c(-c3ccccc3)o2)c2ccccc21. The molecule has 0 unspecified atom stereocenters. The Morgan fingerprint density at radius 2 is 1.50 bits per heavy atom. The van der Waals surface area contributed by atoms with Gasteiger partial charge in [-0.25, -0.2) is 4.98 Å². The molecule has 0 aliphatic rings. The number of carbonyl (C=O) groups is 1. The van der Waals surface area contributed by atoms with Crippen molar-refractivity contribution in [2.24, 2.45) is 0 Å². The maximum Gasteiger partial charge on any atom is 0.227 e. The van der Waals surface area contributed by atoms with Crippen LogP contribution in [-0.4, -0.2) is 15.5 Å². The second kappa shape index (κ2) is 7.48. The number of oxazole rings is 1. The molecule has 146 valence electrons. The zero-order valence-electron chi connectivity index (χ0n) is 16.6. The van der Waals surface area contributed by atoms with Gasteiger partial charge in [-0.05, 0) is 11.6 Å². The summed E-state index contributed by atoms with van der Waals surface area (Å²) in [5, 5.41) is 1.04. The summed E-state index contributed by atoms with van der Waals surface area (Å²) in [6, 6.07) is 28.0. The number of aromatic nitrogens is 2. The highest BCUT2D eigenvalue weighted by molar-refractivity contribution is 5.93. The maximum absolute atomic E-state index is 12.1. The molecule has 4 heteroatoms. The second-order valence-corrected chi connectivity index (χ2v) is 7.25. The molecule has 30 heavy (non-hydrogen) atoms. The standard InChI is InChI=1S/C26H20N2O2/c1-18(29)28-17-21(22-14-8-9-15-23(22)28)16-24-27-25(19-10-4-2-5-11-19)26(30-24)20-12-6-3-7-13-20/h2-15,17H,16H2,1H3. The van der Waals surface area contributed by atoms with Crippen LogP contribution in [0.15, 0.2) is 95.5 Å². The van der Waals surface area contributed by atoms with Crippen LogP contribution in [0.2, 0.25) is 0 Å². The van der Waals surface area contributed by atoms with Gasteiger partial charge < -0.3 is 4.42 Å². The van der Waals surface area contributed by atoms with Crippen LogP contribution in [0.3, 0.4) is 0 Å². The minimum absolute atomic E-state index is 0.0141. The quantitative estimate of drug-likeness (QED) is 0.365. The highest BCUT2D eigenvalue weighted by atomic mass is 16.4. The van der Waals surface area contributed by atoms with Crippen molar-refractivity contribution in [2.75, 3.05) is 0 Å². The summed E-state index contributed by atoms with van der Waals surface area (Å²) in [6.45, 7) is 1.57. The van der Waals surface area contributed by atoms with E-state index in [0.717, 1.165) is 39.0 Å². The smallest absolute Gasteiger partial charge is 0.227 e. The van der Waals surface area contributed by atoms with Gasteiger partial charge in [0, 0.05) is 29.6 Å². The van der Waals surface area contributed by atoms with Crippen LogP contribution in [0, 0.1) is 0 Å². The normalized spacial score (nSPS) is 11.1.